The predicted molar refractivity (Wildman–Crippen MR) is 72.6 cm³/mol. The Morgan fingerprint density at radius 1 is 1.44 bits per heavy atom. The lowest BCUT2D eigenvalue weighted by Crippen LogP contribution is -2.25. The fourth-order valence-electron chi connectivity index (χ4n) is 1.93. The summed E-state index contributed by atoms with van der Waals surface area (Å²) in [5.74, 6) is 0. The van der Waals surface area contributed by atoms with E-state index in [0.29, 0.717) is 0 Å². The summed E-state index contributed by atoms with van der Waals surface area (Å²) in [6, 6.07) is 7.95. The highest BCUT2D eigenvalue weighted by Crippen LogP contribution is 2.23. The molecule has 1 heterocycles. The average Bonchev–Trinajstić information content (AvgIpc) is 2.77. The summed E-state index contributed by atoms with van der Waals surface area (Å²) in [7, 11) is 1.90. The standard InChI is InChI=1S/C13H17ClN4/c1-3-7-15-13(12-9-16-17-18(12)2)10-5-4-6-11(14)8-10/h4-6,8-9,13,15H,3,7H2,1-2H3. The van der Waals surface area contributed by atoms with Gasteiger partial charge < -0.3 is 5.32 Å². The molecule has 0 aliphatic carbocycles. The number of aromatic nitrogens is 3. The van der Waals surface area contributed by atoms with Crippen molar-refractivity contribution >= 4 is 11.6 Å². The van der Waals surface area contributed by atoms with Gasteiger partial charge in [-0.15, -0.1) is 5.10 Å². The van der Waals surface area contributed by atoms with Crippen molar-refractivity contribution < 1.29 is 0 Å². The van der Waals surface area contributed by atoms with Gasteiger partial charge in [-0.1, -0.05) is 35.9 Å². The number of hydrogen-bond donors (Lipinski definition) is 1. The van der Waals surface area contributed by atoms with E-state index in [0.717, 1.165) is 29.2 Å². The fourth-order valence-corrected chi connectivity index (χ4v) is 2.13. The molecule has 1 unspecified atom stereocenters. The average molecular weight is 265 g/mol. The molecule has 0 amide bonds. The normalized spacial score (nSPS) is 12.6. The number of hydrogen-bond acceptors (Lipinski definition) is 3. The number of nitrogens with zero attached hydrogens (tertiary/aromatic N) is 3. The zero-order chi connectivity index (χ0) is 13.0. The smallest absolute Gasteiger partial charge is 0.0798 e. The third-order valence-electron chi connectivity index (χ3n) is 2.83. The molecule has 4 nitrogen and oxygen atoms in total. The molecule has 5 heteroatoms. The van der Waals surface area contributed by atoms with Crippen molar-refractivity contribution in [1.82, 2.24) is 20.3 Å². The van der Waals surface area contributed by atoms with E-state index in [1.165, 1.54) is 0 Å². The van der Waals surface area contributed by atoms with Crippen LogP contribution in [-0.4, -0.2) is 21.5 Å². The zero-order valence-corrected chi connectivity index (χ0v) is 11.4. The SMILES string of the molecule is CCCNC(c1cccc(Cl)c1)c1cnnn1C. The van der Waals surface area contributed by atoms with Gasteiger partial charge in [0.25, 0.3) is 0 Å². The Morgan fingerprint density at radius 2 is 2.28 bits per heavy atom. The Morgan fingerprint density at radius 3 is 2.89 bits per heavy atom. The molecule has 2 rings (SSSR count). The molecule has 96 valence electrons. The van der Waals surface area contributed by atoms with Crippen molar-refractivity contribution in [3.63, 3.8) is 0 Å². The zero-order valence-electron chi connectivity index (χ0n) is 10.6. The van der Waals surface area contributed by atoms with Gasteiger partial charge in [0.2, 0.25) is 0 Å². The third-order valence-corrected chi connectivity index (χ3v) is 3.06. The summed E-state index contributed by atoms with van der Waals surface area (Å²) in [6.07, 6.45) is 2.86. The lowest BCUT2D eigenvalue weighted by Gasteiger charge is -2.18. The Labute approximate surface area is 112 Å². The van der Waals surface area contributed by atoms with Gasteiger partial charge in [0, 0.05) is 12.1 Å². The molecule has 0 saturated carbocycles. The minimum atomic E-state index is 0.0728. The van der Waals surface area contributed by atoms with Gasteiger partial charge in [-0.3, -0.25) is 4.68 Å². The molecule has 0 spiro atoms. The number of aryl methyl sites for hydroxylation is 1. The van der Waals surface area contributed by atoms with Crippen molar-refractivity contribution in [2.75, 3.05) is 6.54 Å². The van der Waals surface area contributed by atoms with Crippen LogP contribution in [0.4, 0.5) is 0 Å². The first kappa shape index (κ1) is 13.1. The minimum absolute atomic E-state index is 0.0728. The van der Waals surface area contributed by atoms with Crippen LogP contribution in [0.2, 0.25) is 5.02 Å². The molecule has 0 saturated heterocycles. The first-order valence-corrected chi connectivity index (χ1v) is 6.43. The number of nitrogens with one attached hydrogen (secondary N) is 1. The largest absolute Gasteiger partial charge is 0.305 e. The monoisotopic (exact) mass is 264 g/mol. The molecule has 18 heavy (non-hydrogen) atoms. The topological polar surface area (TPSA) is 42.7 Å². The Kier molecular flexibility index (Phi) is 4.33. The molecule has 0 bridgehead atoms. The molecule has 1 aromatic carbocycles. The van der Waals surface area contributed by atoms with Gasteiger partial charge in [-0.05, 0) is 30.7 Å². The van der Waals surface area contributed by atoms with Crippen molar-refractivity contribution in [3.8, 4) is 0 Å². The summed E-state index contributed by atoms with van der Waals surface area (Å²) < 4.78 is 1.79. The summed E-state index contributed by atoms with van der Waals surface area (Å²) in [6.45, 7) is 3.08. The molecule has 0 aliphatic rings. The van der Waals surface area contributed by atoms with Crippen LogP contribution >= 0.6 is 11.6 Å². The van der Waals surface area contributed by atoms with E-state index in [2.05, 4.69) is 28.6 Å². The second kappa shape index (κ2) is 5.98. The molecule has 0 fully saturated rings. The van der Waals surface area contributed by atoms with E-state index >= 15 is 0 Å². The molecule has 0 aliphatic heterocycles. The molecular weight excluding hydrogens is 248 g/mol. The molecule has 1 aromatic heterocycles. The molecule has 1 N–H and O–H groups in total. The summed E-state index contributed by atoms with van der Waals surface area (Å²) in [4.78, 5) is 0. The number of rotatable bonds is 5. The second-order valence-corrected chi connectivity index (χ2v) is 4.66. The van der Waals surface area contributed by atoms with Gasteiger partial charge >= 0.3 is 0 Å². The highest BCUT2D eigenvalue weighted by atomic mass is 35.5. The van der Waals surface area contributed by atoms with Crippen LogP contribution in [0.25, 0.3) is 0 Å². The fraction of sp³-hybridized carbons (Fsp3) is 0.385. The van der Waals surface area contributed by atoms with E-state index in [-0.39, 0.29) is 6.04 Å². The Balaban J connectivity index is 2.33. The number of benzene rings is 1. The molecule has 1 atom stereocenters. The molecule has 0 radical (unpaired) electrons. The van der Waals surface area contributed by atoms with Crippen molar-refractivity contribution in [1.29, 1.82) is 0 Å². The maximum Gasteiger partial charge on any atom is 0.0798 e. The summed E-state index contributed by atoms with van der Waals surface area (Å²) in [5.41, 5.74) is 2.16. The molecular formula is C13H17ClN4. The quantitative estimate of drug-likeness (QED) is 0.903. The lowest BCUT2D eigenvalue weighted by molar-refractivity contribution is 0.550. The van der Waals surface area contributed by atoms with Crippen LogP contribution < -0.4 is 5.32 Å². The van der Waals surface area contributed by atoms with Crippen LogP contribution in [0.1, 0.15) is 30.6 Å². The van der Waals surface area contributed by atoms with Crippen molar-refractivity contribution in [2.45, 2.75) is 19.4 Å². The highest BCUT2D eigenvalue weighted by Gasteiger charge is 2.17. The number of halogens is 1. The van der Waals surface area contributed by atoms with E-state index in [1.54, 1.807) is 10.9 Å². The van der Waals surface area contributed by atoms with E-state index < -0.39 is 0 Å². The lowest BCUT2D eigenvalue weighted by atomic mass is 10.0. The van der Waals surface area contributed by atoms with E-state index in [4.69, 9.17) is 11.6 Å². The molecule has 2 aromatic rings. The van der Waals surface area contributed by atoms with E-state index in [1.807, 2.05) is 25.2 Å². The van der Waals surface area contributed by atoms with Crippen LogP contribution in [0, 0.1) is 0 Å². The van der Waals surface area contributed by atoms with Gasteiger partial charge in [0.05, 0.1) is 17.9 Å². The first-order valence-electron chi connectivity index (χ1n) is 6.05. The Hall–Kier alpha value is -1.39. The van der Waals surface area contributed by atoms with Crippen LogP contribution in [0.15, 0.2) is 30.5 Å². The van der Waals surface area contributed by atoms with Crippen molar-refractivity contribution in [3.05, 3.63) is 46.7 Å². The van der Waals surface area contributed by atoms with E-state index in [9.17, 15) is 0 Å². The predicted octanol–water partition coefficient (Wildman–Crippen LogP) is 2.56. The second-order valence-electron chi connectivity index (χ2n) is 4.22. The van der Waals surface area contributed by atoms with Crippen molar-refractivity contribution in [2.24, 2.45) is 7.05 Å². The third kappa shape index (κ3) is 2.89. The van der Waals surface area contributed by atoms with Crippen LogP contribution in [0.5, 0.6) is 0 Å². The summed E-state index contributed by atoms with van der Waals surface area (Å²) >= 11 is 6.06. The summed E-state index contributed by atoms with van der Waals surface area (Å²) in [5, 5.41) is 12.2. The minimum Gasteiger partial charge on any atom is -0.305 e. The highest BCUT2D eigenvalue weighted by molar-refractivity contribution is 6.30. The van der Waals surface area contributed by atoms with Gasteiger partial charge in [0.15, 0.2) is 0 Å². The maximum absolute atomic E-state index is 6.06. The maximum atomic E-state index is 6.06. The van der Waals surface area contributed by atoms with Gasteiger partial charge in [0.1, 0.15) is 0 Å². The van der Waals surface area contributed by atoms with Crippen LogP contribution in [-0.2, 0) is 7.05 Å². The Bertz CT molecular complexity index is 509. The van der Waals surface area contributed by atoms with Crippen LogP contribution in [0.3, 0.4) is 0 Å². The van der Waals surface area contributed by atoms with Gasteiger partial charge in [-0.25, -0.2) is 0 Å². The first-order chi connectivity index (χ1) is 8.72. The van der Waals surface area contributed by atoms with Gasteiger partial charge in [-0.2, -0.15) is 0 Å².